The monoisotopic (exact) mass is 348 g/mol. The molecule has 1 aliphatic rings. The van der Waals surface area contributed by atoms with Crippen molar-refractivity contribution in [3.63, 3.8) is 0 Å². The molecule has 0 aliphatic carbocycles. The highest BCUT2D eigenvalue weighted by Crippen LogP contribution is 2.29. The van der Waals surface area contributed by atoms with E-state index in [1.807, 2.05) is 0 Å². The first-order valence-corrected chi connectivity index (χ1v) is 8.27. The van der Waals surface area contributed by atoms with E-state index in [9.17, 15) is 14.3 Å². The second-order valence-corrected chi connectivity index (χ2v) is 6.25. The Morgan fingerprint density at radius 3 is 2.80 bits per heavy atom. The topological polar surface area (TPSA) is 91.5 Å². The van der Waals surface area contributed by atoms with Crippen molar-refractivity contribution in [2.75, 3.05) is 18.0 Å². The van der Waals surface area contributed by atoms with Crippen LogP contribution in [0.5, 0.6) is 0 Å². The zero-order chi connectivity index (χ0) is 18.0. The summed E-state index contributed by atoms with van der Waals surface area (Å²) in [6, 6.07) is 4.10. The summed E-state index contributed by atoms with van der Waals surface area (Å²) in [5.41, 5.74) is 1.52. The maximum absolute atomic E-state index is 13.8. The van der Waals surface area contributed by atoms with Gasteiger partial charge in [0.25, 0.3) is 11.7 Å². The van der Waals surface area contributed by atoms with Crippen molar-refractivity contribution in [2.24, 2.45) is 0 Å². The number of aliphatic hydroxyl groups excluding tert-OH is 1. The Bertz CT molecular complexity index is 756. The molecule has 1 aliphatic heterocycles. The van der Waals surface area contributed by atoms with Gasteiger partial charge in [-0.25, -0.2) is 4.39 Å². The molecule has 1 saturated heterocycles. The van der Waals surface area contributed by atoms with E-state index in [1.165, 1.54) is 12.1 Å². The number of amides is 1. The average Bonchev–Trinajstić information content (AvgIpc) is 3.02. The molecule has 0 spiro atoms. The van der Waals surface area contributed by atoms with Crippen molar-refractivity contribution in [2.45, 2.75) is 38.8 Å². The van der Waals surface area contributed by atoms with Crippen molar-refractivity contribution < 1.29 is 18.8 Å². The van der Waals surface area contributed by atoms with Crippen LogP contribution >= 0.6 is 0 Å². The van der Waals surface area contributed by atoms with Crippen LogP contribution in [0.2, 0.25) is 0 Å². The summed E-state index contributed by atoms with van der Waals surface area (Å²) in [6.45, 7) is 4.75. The molecule has 25 heavy (non-hydrogen) atoms. The molecular weight excluding hydrogens is 327 g/mol. The van der Waals surface area contributed by atoms with Gasteiger partial charge < -0.3 is 19.8 Å². The van der Waals surface area contributed by atoms with Crippen molar-refractivity contribution >= 4 is 11.6 Å². The van der Waals surface area contributed by atoms with Crippen LogP contribution in [0.3, 0.4) is 0 Å². The number of hydrogen-bond donors (Lipinski definition) is 2. The average molecular weight is 348 g/mol. The molecule has 1 unspecified atom stereocenters. The number of aryl methyl sites for hydroxylation is 1. The molecule has 0 bridgehead atoms. The Labute approximate surface area is 144 Å². The number of rotatable bonds is 4. The van der Waals surface area contributed by atoms with Crippen LogP contribution in [0.1, 0.15) is 47.9 Å². The van der Waals surface area contributed by atoms with Gasteiger partial charge >= 0.3 is 0 Å². The maximum Gasteiger partial charge on any atom is 0.293 e. The van der Waals surface area contributed by atoms with Crippen molar-refractivity contribution in [3.8, 4) is 0 Å². The first kappa shape index (κ1) is 17.3. The summed E-state index contributed by atoms with van der Waals surface area (Å²) in [7, 11) is 0. The van der Waals surface area contributed by atoms with E-state index in [0.717, 1.165) is 5.69 Å². The molecule has 0 saturated carbocycles. The van der Waals surface area contributed by atoms with Crippen molar-refractivity contribution in [3.05, 3.63) is 41.3 Å². The zero-order valence-corrected chi connectivity index (χ0v) is 14.2. The van der Waals surface area contributed by atoms with Crippen LogP contribution in [0.25, 0.3) is 0 Å². The highest BCUT2D eigenvalue weighted by Gasteiger charge is 2.23. The Kier molecular flexibility index (Phi) is 4.98. The second-order valence-electron chi connectivity index (χ2n) is 6.25. The minimum absolute atomic E-state index is 0.0524. The van der Waals surface area contributed by atoms with Crippen LogP contribution in [-0.2, 0) is 0 Å². The SMILES string of the molecule is Cc1nc(C(=O)NC(C)c2cc(F)ccc2N2CCC(O)CC2)no1. The fourth-order valence-electron chi connectivity index (χ4n) is 3.00. The molecule has 1 fully saturated rings. The fourth-order valence-corrected chi connectivity index (χ4v) is 3.00. The molecule has 2 N–H and O–H groups in total. The number of hydrogen-bond acceptors (Lipinski definition) is 6. The maximum atomic E-state index is 13.8. The number of carbonyl (C=O) groups is 1. The molecule has 1 atom stereocenters. The molecule has 1 amide bonds. The predicted octanol–water partition coefficient (Wildman–Crippen LogP) is 1.97. The van der Waals surface area contributed by atoms with Gasteiger partial charge in [0.1, 0.15) is 5.82 Å². The van der Waals surface area contributed by atoms with E-state index in [4.69, 9.17) is 4.52 Å². The number of nitrogens with zero attached hydrogens (tertiary/aromatic N) is 3. The van der Waals surface area contributed by atoms with Gasteiger partial charge in [-0.05, 0) is 38.0 Å². The summed E-state index contributed by atoms with van der Waals surface area (Å²) in [4.78, 5) is 18.2. The number of nitrogens with one attached hydrogen (secondary N) is 1. The lowest BCUT2D eigenvalue weighted by molar-refractivity contribution is 0.0926. The van der Waals surface area contributed by atoms with Crippen molar-refractivity contribution in [1.29, 1.82) is 0 Å². The van der Waals surface area contributed by atoms with Gasteiger partial charge in [0.2, 0.25) is 5.89 Å². The van der Waals surface area contributed by atoms with E-state index in [-0.39, 0.29) is 17.7 Å². The molecule has 1 aromatic heterocycles. The van der Waals surface area contributed by atoms with E-state index in [0.29, 0.717) is 37.4 Å². The van der Waals surface area contributed by atoms with Crippen molar-refractivity contribution in [1.82, 2.24) is 15.5 Å². The van der Waals surface area contributed by atoms with Crippen LogP contribution < -0.4 is 10.2 Å². The third kappa shape index (κ3) is 3.96. The number of anilines is 1. The zero-order valence-electron chi connectivity index (χ0n) is 14.2. The van der Waals surface area contributed by atoms with Gasteiger partial charge in [0, 0.05) is 31.3 Å². The first-order chi connectivity index (χ1) is 11.9. The van der Waals surface area contributed by atoms with E-state index in [1.54, 1.807) is 19.9 Å². The van der Waals surface area contributed by atoms with Crippen LogP contribution in [0.4, 0.5) is 10.1 Å². The summed E-state index contributed by atoms with van der Waals surface area (Å²) >= 11 is 0. The lowest BCUT2D eigenvalue weighted by Gasteiger charge is -2.34. The van der Waals surface area contributed by atoms with Gasteiger partial charge in [-0.1, -0.05) is 5.16 Å². The van der Waals surface area contributed by atoms with Crippen LogP contribution in [-0.4, -0.2) is 40.3 Å². The largest absolute Gasteiger partial charge is 0.393 e. The van der Waals surface area contributed by atoms with Gasteiger partial charge in [0.15, 0.2) is 0 Å². The Hall–Kier alpha value is -2.48. The normalized spacial score (nSPS) is 16.7. The number of aromatic nitrogens is 2. The smallest absolute Gasteiger partial charge is 0.293 e. The highest BCUT2D eigenvalue weighted by molar-refractivity contribution is 5.90. The van der Waals surface area contributed by atoms with E-state index in [2.05, 4.69) is 20.4 Å². The van der Waals surface area contributed by atoms with E-state index < -0.39 is 11.9 Å². The third-order valence-electron chi connectivity index (χ3n) is 4.34. The number of halogens is 1. The number of piperidine rings is 1. The quantitative estimate of drug-likeness (QED) is 0.878. The Balaban J connectivity index is 1.80. The molecule has 2 heterocycles. The Morgan fingerprint density at radius 2 is 2.16 bits per heavy atom. The summed E-state index contributed by atoms with van der Waals surface area (Å²) in [6.07, 6.45) is 1.04. The predicted molar refractivity (Wildman–Crippen MR) is 88.8 cm³/mol. The van der Waals surface area contributed by atoms with Gasteiger partial charge in [-0.3, -0.25) is 4.79 Å². The van der Waals surface area contributed by atoms with Gasteiger partial charge in [-0.2, -0.15) is 4.98 Å². The number of benzene rings is 1. The van der Waals surface area contributed by atoms with Crippen LogP contribution in [0.15, 0.2) is 22.7 Å². The molecule has 0 radical (unpaired) electrons. The highest BCUT2D eigenvalue weighted by atomic mass is 19.1. The fraction of sp³-hybridized carbons (Fsp3) is 0.471. The second kappa shape index (κ2) is 7.18. The molecule has 7 nitrogen and oxygen atoms in total. The first-order valence-electron chi connectivity index (χ1n) is 8.27. The lowest BCUT2D eigenvalue weighted by Crippen LogP contribution is -2.37. The third-order valence-corrected chi connectivity index (χ3v) is 4.34. The minimum atomic E-state index is -0.478. The molecular formula is C17H21FN4O3. The minimum Gasteiger partial charge on any atom is -0.393 e. The molecule has 134 valence electrons. The van der Waals surface area contributed by atoms with E-state index >= 15 is 0 Å². The summed E-state index contributed by atoms with van der Waals surface area (Å²) in [5, 5.41) is 16.0. The molecule has 8 heteroatoms. The molecule has 1 aromatic carbocycles. The summed E-state index contributed by atoms with van der Waals surface area (Å²) in [5.74, 6) is -0.597. The molecule has 2 aromatic rings. The lowest BCUT2D eigenvalue weighted by atomic mass is 10.0. The van der Waals surface area contributed by atoms with Gasteiger partial charge in [-0.15, -0.1) is 0 Å². The van der Waals surface area contributed by atoms with Crippen LogP contribution in [0, 0.1) is 12.7 Å². The Morgan fingerprint density at radius 1 is 1.44 bits per heavy atom. The molecule has 3 rings (SSSR count). The summed E-state index contributed by atoms with van der Waals surface area (Å²) < 4.78 is 18.6. The standard InChI is InChI=1S/C17H21FN4O3/c1-10(19-17(24)16-20-11(2)25-21-16)14-9-12(18)3-4-15(14)22-7-5-13(23)6-8-22/h3-4,9-10,13,23H,5-8H2,1-2H3,(H,19,24). The number of aliphatic hydroxyl groups is 1. The number of carbonyl (C=O) groups excluding carboxylic acids is 1. The van der Waals surface area contributed by atoms with Gasteiger partial charge in [0.05, 0.1) is 12.1 Å².